The van der Waals surface area contributed by atoms with Crippen LogP contribution in [0.15, 0.2) is 23.1 Å². The second-order valence-corrected chi connectivity index (χ2v) is 8.05. The monoisotopic (exact) mass is 353 g/mol. The number of carbonyl (C=O) groups excluding carboxylic acids is 1. The van der Waals surface area contributed by atoms with E-state index in [0.717, 1.165) is 37.7 Å². The van der Waals surface area contributed by atoms with Crippen LogP contribution in [0.1, 0.15) is 37.3 Å². The molecule has 3 rings (SSSR count). The van der Waals surface area contributed by atoms with Gasteiger partial charge in [-0.15, -0.1) is 0 Å². The van der Waals surface area contributed by atoms with E-state index < -0.39 is 22.0 Å². The van der Waals surface area contributed by atoms with E-state index in [9.17, 15) is 13.2 Å². The zero-order chi connectivity index (χ0) is 17.2. The SMILES string of the molecule is C[C@H](OC[C@@H]1CCCO1)C(=O)NS(=O)(=O)c1ccc2c(c1)CCC2. The van der Waals surface area contributed by atoms with Crippen molar-refractivity contribution in [2.24, 2.45) is 0 Å². The van der Waals surface area contributed by atoms with E-state index in [1.807, 2.05) is 6.07 Å². The fourth-order valence-electron chi connectivity index (χ4n) is 3.09. The minimum atomic E-state index is -3.87. The first kappa shape index (κ1) is 17.4. The molecule has 1 N–H and O–H groups in total. The Kier molecular flexibility index (Phi) is 5.22. The average molecular weight is 353 g/mol. The van der Waals surface area contributed by atoms with Gasteiger partial charge in [-0.3, -0.25) is 4.79 Å². The number of fused-ring (bicyclic) bond motifs is 1. The van der Waals surface area contributed by atoms with E-state index in [0.29, 0.717) is 13.2 Å². The van der Waals surface area contributed by atoms with Crippen molar-refractivity contribution >= 4 is 15.9 Å². The zero-order valence-electron chi connectivity index (χ0n) is 13.8. The van der Waals surface area contributed by atoms with Crippen LogP contribution in [-0.2, 0) is 37.1 Å². The molecule has 24 heavy (non-hydrogen) atoms. The summed E-state index contributed by atoms with van der Waals surface area (Å²) >= 11 is 0. The van der Waals surface area contributed by atoms with Crippen LogP contribution >= 0.6 is 0 Å². The summed E-state index contributed by atoms with van der Waals surface area (Å²) in [5.41, 5.74) is 2.24. The van der Waals surface area contributed by atoms with Gasteiger partial charge in [0.15, 0.2) is 0 Å². The third kappa shape index (κ3) is 3.96. The van der Waals surface area contributed by atoms with Crippen molar-refractivity contribution in [1.29, 1.82) is 0 Å². The molecule has 1 saturated heterocycles. The summed E-state index contributed by atoms with van der Waals surface area (Å²) in [6.45, 7) is 2.55. The number of aryl methyl sites for hydroxylation is 2. The highest BCUT2D eigenvalue weighted by Crippen LogP contribution is 2.24. The molecule has 1 fully saturated rings. The number of ether oxygens (including phenoxy) is 2. The van der Waals surface area contributed by atoms with Crippen molar-refractivity contribution in [2.45, 2.75) is 56.1 Å². The fraction of sp³-hybridized carbons (Fsp3) is 0.588. The van der Waals surface area contributed by atoms with Gasteiger partial charge in [0.05, 0.1) is 17.6 Å². The number of nitrogens with one attached hydrogen (secondary N) is 1. The van der Waals surface area contributed by atoms with Gasteiger partial charge < -0.3 is 9.47 Å². The Morgan fingerprint density at radius 2 is 2.12 bits per heavy atom. The Hall–Kier alpha value is -1.44. The van der Waals surface area contributed by atoms with Crippen LogP contribution in [0.25, 0.3) is 0 Å². The van der Waals surface area contributed by atoms with Gasteiger partial charge in [-0.05, 0) is 62.3 Å². The van der Waals surface area contributed by atoms with E-state index in [-0.39, 0.29) is 11.0 Å². The highest BCUT2D eigenvalue weighted by Gasteiger charge is 2.25. The van der Waals surface area contributed by atoms with Gasteiger partial charge in [-0.1, -0.05) is 6.07 Å². The van der Waals surface area contributed by atoms with Crippen LogP contribution in [0.5, 0.6) is 0 Å². The molecule has 2 atom stereocenters. The lowest BCUT2D eigenvalue weighted by Crippen LogP contribution is -2.39. The molecule has 0 bridgehead atoms. The number of rotatable bonds is 6. The molecule has 6 nitrogen and oxygen atoms in total. The summed E-state index contributed by atoms with van der Waals surface area (Å²) < 4.78 is 37.8. The van der Waals surface area contributed by atoms with E-state index in [1.54, 1.807) is 19.1 Å². The molecule has 1 aliphatic heterocycles. The Morgan fingerprint density at radius 3 is 2.88 bits per heavy atom. The summed E-state index contributed by atoms with van der Waals surface area (Å²) in [4.78, 5) is 12.2. The van der Waals surface area contributed by atoms with Crippen molar-refractivity contribution in [2.75, 3.05) is 13.2 Å². The fourth-order valence-corrected chi connectivity index (χ4v) is 4.19. The van der Waals surface area contributed by atoms with Gasteiger partial charge in [0.1, 0.15) is 6.10 Å². The average Bonchev–Trinajstić information content (AvgIpc) is 3.22. The number of hydrogen-bond acceptors (Lipinski definition) is 5. The zero-order valence-corrected chi connectivity index (χ0v) is 14.6. The first-order valence-electron chi connectivity index (χ1n) is 8.37. The Morgan fingerprint density at radius 1 is 1.33 bits per heavy atom. The molecule has 1 amide bonds. The number of benzene rings is 1. The predicted octanol–water partition coefficient (Wildman–Crippen LogP) is 1.56. The van der Waals surface area contributed by atoms with Gasteiger partial charge in [0, 0.05) is 6.61 Å². The normalized spacial score (nSPS) is 21.5. The minimum absolute atomic E-state index is 0.00596. The highest BCUT2D eigenvalue weighted by molar-refractivity contribution is 7.90. The molecule has 2 aliphatic rings. The molecule has 0 saturated carbocycles. The molecular weight excluding hydrogens is 330 g/mol. The van der Waals surface area contributed by atoms with Crippen LogP contribution in [0.3, 0.4) is 0 Å². The molecule has 1 heterocycles. The van der Waals surface area contributed by atoms with Crippen molar-refractivity contribution in [1.82, 2.24) is 4.72 Å². The van der Waals surface area contributed by atoms with E-state index in [2.05, 4.69) is 4.72 Å². The van der Waals surface area contributed by atoms with Gasteiger partial charge in [-0.25, -0.2) is 13.1 Å². The summed E-state index contributed by atoms with van der Waals surface area (Å²) in [7, 11) is -3.87. The summed E-state index contributed by atoms with van der Waals surface area (Å²) in [6, 6.07) is 5.05. The van der Waals surface area contributed by atoms with Gasteiger partial charge in [-0.2, -0.15) is 0 Å². The maximum atomic E-state index is 12.4. The van der Waals surface area contributed by atoms with Crippen LogP contribution in [0.2, 0.25) is 0 Å². The summed E-state index contributed by atoms with van der Waals surface area (Å²) in [6.07, 6.45) is 3.94. The topological polar surface area (TPSA) is 81.7 Å². The largest absolute Gasteiger partial charge is 0.376 e. The second kappa shape index (κ2) is 7.21. The number of amides is 1. The molecule has 1 aromatic carbocycles. The summed E-state index contributed by atoms with van der Waals surface area (Å²) in [5, 5.41) is 0. The Labute approximate surface area is 142 Å². The lowest BCUT2D eigenvalue weighted by molar-refractivity contribution is -0.131. The Balaban J connectivity index is 1.59. The van der Waals surface area contributed by atoms with Gasteiger partial charge >= 0.3 is 0 Å². The van der Waals surface area contributed by atoms with Crippen molar-refractivity contribution in [3.05, 3.63) is 29.3 Å². The summed E-state index contributed by atoms with van der Waals surface area (Å²) in [5.74, 6) is -0.659. The molecule has 0 unspecified atom stereocenters. The lowest BCUT2D eigenvalue weighted by atomic mass is 10.1. The first-order chi connectivity index (χ1) is 11.5. The Bertz CT molecular complexity index is 710. The van der Waals surface area contributed by atoms with E-state index >= 15 is 0 Å². The molecule has 1 aromatic rings. The number of hydrogen-bond donors (Lipinski definition) is 1. The van der Waals surface area contributed by atoms with Crippen molar-refractivity contribution < 1.29 is 22.7 Å². The number of carbonyl (C=O) groups is 1. The second-order valence-electron chi connectivity index (χ2n) is 6.36. The van der Waals surface area contributed by atoms with Crippen LogP contribution < -0.4 is 4.72 Å². The van der Waals surface area contributed by atoms with Gasteiger partial charge in [0.2, 0.25) is 0 Å². The quantitative estimate of drug-likeness (QED) is 0.839. The molecule has 0 spiro atoms. The molecule has 0 radical (unpaired) electrons. The van der Waals surface area contributed by atoms with Crippen molar-refractivity contribution in [3.63, 3.8) is 0 Å². The first-order valence-corrected chi connectivity index (χ1v) is 9.86. The smallest absolute Gasteiger partial charge is 0.264 e. The number of sulfonamides is 1. The van der Waals surface area contributed by atoms with E-state index in [1.165, 1.54) is 5.56 Å². The lowest BCUT2D eigenvalue weighted by Gasteiger charge is -2.16. The minimum Gasteiger partial charge on any atom is -0.376 e. The third-order valence-electron chi connectivity index (χ3n) is 4.54. The van der Waals surface area contributed by atoms with Crippen LogP contribution in [0.4, 0.5) is 0 Å². The van der Waals surface area contributed by atoms with Gasteiger partial charge in [0.25, 0.3) is 15.9 Å². The van der Waals surface area contributed by atoms with E-state index in [4.69, 9.17) is 9.47 Å². The van der Waals surface area contributed by atoms with Crippen LogP contribution in [-0.4, -0.2) is 39.7 Å². The maximum Gasteiger partial charge on any atom is 0.264 e. The molecular formula is C17H23NO5S. The van der Waals surface area contributed by atoms with Crippen molar-refractivity contribution in [3.8, 4) is 0 Å². The van der Waals surface area contributed by atoms with Crippen LogP contribution in [0, 0.1) is 0 Å². The standard InChI is InChI=1S/C17H23NO5S/c1-12(23-11-15-6-3-9-22-15)17(19)18-24(20,21)16-8-7-13-4-2-5-14(13)10-16/h7-8,10,12,15H,2-6,9,11H2,1H3,(H,18,19)/t12-,15-/m0/s1. The molecule has 0 aromatic heterocycles. The maximum absolute atomic E-state index is 12.4. The highest BCUT2D eigenvalue weighted by atomic mass is 32.2. The molecule has 132 valence electrons. The third-order valence-corrected chi connectivity index (χ3v) is 5.89. The molecule has 1 aliphatic carbocycles. The predicted molar refractivity (Wildman–Crippen MR) is 88.2 cm³/mol. The molecule has 7 heteroatoms.